The number of aryl methyl sites for hydroxylation is 1. The summed E-state index contributed by atoms with van der Waals surface area (Å²) in [7, 11) is 0. The Balaban J connectivity index is 2.09. The van der Waals surface area contributed by atoms with E-state index in [2.05, 4.69) is 57.4 Å². The Bertz CT molecular complexity index is 551. The summed E-state index contributed by atoms with van der Waals surface area (Å²) in [5.74, 6) is -0.0147. The van der Waals surface area contributed by atoms with E-state index >= 15 is 0 Å². The third-order valence-corrected chi connectivity index (χ3v) is 3.88. The van der Waals surface area contributed by atoms with Crippen LogP contribution in [0.4, 0.5) is 5.13 Å². The van der Waals surface area contributed by atoms with Gasteiger partial charge < -0.3 is 5.32 Å². The van der Waals surface area contributed by atoms with Crippen molar-refractivity contribution < 1.29 is 4.79 Å². The summed E-state index contributed by atoms with van der Waals surface area (Å²) in [6.07, 6.45) is 1.49. The average molecular weight is 339 g/mol. The van der Waals surface area contributed by atoms with Gasteiger partial charge in [0.1, 0.15) is 0 Å². The van der Waals surface area contributed by atoms with Crippen LogP contribution in [0, 0.1) is 0 Å². The van der Waals surface area contributed by atoms with Gasteiger partial charge in [-0.1, -0.05) is 47.1 Å². The third kappa shape index (κ3) is 3.88. The van der Waals surface area contributed by atoms with Crippen LogP contribution in [0.5, 0.6) is 0 Å². The van der Waals surface area contributed by atoms with Crippen molar-refractivity contribution >= 4 is 38.3 Å². The molecule has 3 nitrogen and oxygen atoms in total. The number of amides is 1. The molecular weight excluding hydrogens is 324 g/mol. The summed E-state index contributed by atoms with van der Waals surface area (Å²) < 4.78 is 0. The largest absolute Gasteiger partial charge is 0.302 e. The van der Waals surface area contributed by atoms with Gasteiger partial charge in [0.15, 0.2) is 5.13 Å². The minimum atomic E-state index is -0.0147. The van der Waals surface area contributed by atoms with E-state index in [1.54, 1.807) is 0 Å². The van der Waals surface area contributed by atoms with Crippen molar-refractivity contribution in [2.45, 2.75) is 19.8 Å². The van der Waals surface area contributed by atoms with E-state index in [0.717, 1.165) is 17.7 Å². The fourth-order valence-corrected chi connectivity index (χ4v) is 2.74. The number of benzene rings is 1. The smallest absolute Gasteiger partial charge is 0.226 e. The van der Waals surface area contributed by atoms with Gasteiger partial charge in [0, 0.05) is 22.7 Å². The fraction of sp³-hybridized carbons (Fsp3) is 0.286. The highest BCUT2D eigenvalue weighted by molar-refractivity contribution is 9.09. The van der Waals surface area contributed by atoms with Crippen molar-refractivity contribution in [3.8, 4) is 11.3 Å². The van der Waals surface area contributed by atoms with Crippen LogP contribution in [-0.2, 0) is 11.2 Å². The number of nitrogens with zero attached hydrogens (tertiary/aromatic N) is 1. The van der Waals surface area contributed by atoms with Crippen molar-refractivity contribution in [3.05, 3.63) is 35.2 Å². The van der Waals surface area contributed by atoms with Crippen molar-refractivity contribution in [1.29, 1.82) is 0 Å². The molecule has 2 rings (SSSR count). The Morgan fingerprint density at radius 2 is 2.11 bits per heavy atom. The molecule has 0 aliphatic carbocycles. The van der Waals surface area contributed by atoms with Crippen molar-refractivity contribution in [2.24, 2.45) is 0 Å². The Labute approximate surface area is 125 Å². The number of nitrogens with one attached hydrogen (secondary N) is 1. The quantitative estimate of drug-likeness (QED) is 0.834. The second-order valence-electron chi connectivity index (χ2n) is 4.08. The van der Waals surface area contributed by atoms with Gasteiger partial charge >= 0.3 is 0 Å². The van der Waals surface area contributed by atoms with Gasteiger partial charge in [0.2, 0.25) is 5.91 Å². The molecule has 0 atom stereocenters. The minimum absolute atomic E-state index is 0.0147. The Kier molecular flexibility index (Phi) is 5.10. The number of alkyl halides is 1. The second-order valence-corrected chi connectivity index (χ2v) is 5.73. The molecule has 1 heterocycles. The first-order valence-electron chi connectivity index (χ1n) is 6.13. The van der Waals surface area contributed by atoms with Crippen LogP contribution < -0.4 is 5.32 Å². The molecule has 0 spiro atoms. The minimum Gasteiger partial charge on any atom is -0.302 e. The van der Waals surface area contributed by atoms with E-state index in [9.17, 15) is 4.79 Å². The first kappa shape index (κ1) is 14.2. The number of carbonyl (C=O) groups is 1. The Hall–Kier alpha value is -1.20. The maximum absolute atomic E-state index is 11.5. The van der Waals surface area contributed by atoms with Gasteiger partial charge in [0.05, 0.1) is 5.69 Å². The zero-order chi connectivity index (χ0) is 13.7. The van der Waals surface area contributed by atoms with E-state index < -0.39 is 0 Å². The zero-order valence-electron chi connectivity index (χ0n) is 10.6. The normalized spacial score (nSPS) is 10.4. The molecule has 0 saturated heterocycles. The van der Waals surface area contributed by atoms with Crippen LogP contribution in [0.2, 0.25) is 0 Å². The lowest BCUT2D eigenvalue weighted by molar-refractivity contribution is -0.115. The zero-order valence-corrected chi connectivity index (χ0v) is 13.1. The number of carbonyl (C=O) groups excluding carboxylic acids is 1. The molecule has 1 aromatic heterocycles. The number of rotatable bonds is 5. The van der Waals surface area contributed by atoms with Crippen LogP contribution in [0.3, 0.4) is 0 Å². The molecule has 0 unspecified atom stereocenters. The highest BCUT2D eigenvalue weighted by Crippen LogP contribution is 2.25. The van der Waals surface area contributed by atoms with Gasteiger partial charge in [0.25, 0.3) is 0 Å². The van der Waals surface area contributed by atoms with E-state index in [0.29, 0.717) is 16.9 Å². The lowest BCUT2D eigenvalue weighted by Gasteiger charge is -2.00. The molecule has 1 N–H and O–H groups in total. The summed E-state index contributed by atoms with van der Waals surface area (Å²) in [5.41, 5.74) is 3.29. The second kappa shape index (κ2) is 6.82. The first-order chi connectivity index (χ1) is 9.22. The van der Waals surface area contributed by atoms with Gasteiger partial charge in [-0.3, -0.25) is 4.79 Å². The number of anilines is 1. The molecule has 1 amide bonds. The molecular formula is C14H15BrN2OS. The molecule has 19 heavy (non-hydrogen) atoms. The van der Waals surface area contributed by atoms with Crippen LogP contribution in [0.25, 0.3) is 11.3 Å². The summed E-state index contributed by atoms with van der Waals surface area (Å²) in [6.45, 7) is 2.13. The Morgan fingerprint density at radius 3 is 2.74 bits per heavy atom. The number of halogens is 1. The van der Waals surface area contributed by atoms with Crippen molar-refractivity contribution in [1.82, 2.24) is 4.98 Å². The van der Waals surface area contributed by atoms with Crippen LogP contribution >= 0.6 is 27.3 Å². The lowest BCUT2D eigenvalue weighted by atomic mass is 10.1. The SMILES string of the molecule is CCc1ccc(-c2csc(NC(=O)CCBr)n2)cc1. The molecule has 0 saturated carbocycles. The van der Waals surface area contributed by atoms with Crippen LogP contribution in [-0.4, -0.2) is 16.2 Å². The number of thiazole rings is 1. The molecule has 100 valence electrons. The summed E-state index contributed by atoms with van der Waals surface area (Å²) in [6, 6.07) is 8.35. The highest BCUT2D eigenvalue weighted by atomic mass is 79.9. The van der Waals surface area contributed by atoms with Crippen LogP contribution in [0.15, 0.2) is 29.6 Å². The fourth-order valence-electron chi connectivity index (χ4n) is 1.64. The van der Waals surface area contributed by atoms with Gasteiger partial charge in [-0.25, -0.2) is 4.98 Å². The molecule has 0 bridgehead atoms. The van der Waals surface area contributed by atoms with Crippen LogP contribution in [0.1, 0.15) is 18.9 Å². The topological polar surface area (TPSA) is 42.0 Å². The predicted molar refractivity (Wildman–Crippen MR) is 84.0 cm³/mol. The maximum Gasteiger partial charge on any atom is 0.226 e. The highest BCUT2D eigenvalue weighted by Gasteiger charge is 2.07. The van der Waals surface area contributed by atoms with E-state index in [1.165, 1.54) is 16.9 Å². The Morgan fingerprint density at radius 1 is 1.37 bits per heavy atom. The first-order valence-corrected chi connectivity index (χ1v) is 8.13. The van der Waals surface area contributed by atoms with Crippen molar-refractivity contribution in [3.63, 3.8) is 0 Å². The van der Waals surface area contributed by atoms with Gasteiger partial charge in [-0.05, 0) is 12.0 Å². The van der Waals surface area contributed by atoms with E-state index in [-0.39, 0.29) is 5.91 Å². The van der Waals surface area contributed by atoms with Crippen molar-refractivity contribution in [2.75, 3.05) is 10.6 Å². The molecule has 1 aromatic carbocycles. The van der Waals surface area contributed by atoms with Gasteiger partial charge in [-0.15, -0.1) is 11.3 Å². The lowest BCUT2D eigenvalue weighted by Crippen LogP contribution is -2.11. The number of hydrogen-bond acceptors (Lipinski definition) is 3. The summed E-state index contributed by atoms with van der Waals surface area (Å²) in [4.78, 5) is 15.9. The molecule has 0 fully saturated rings. The third-order valence-electron chi connectivity index (χ3n) is 2.73. The monoisotopic (exact) mass is 338 g/mol. The maximum atomic E-state index is 11.5. The predicted octanol–water partition coefficient (Wildman–Crippen LogP) is 4.10. The van der Waals surface area contributed by atoms with E-state index in [1.807, 2.05) is 5.38 Å². The standard InChI is InChI=1S/C14H15BrN2OS/c1-2-10-3-5-11(6-4-10)12-9-19-14(16-12)17-13(18)7-8-15/h3-6,9H,2,7-8H2,1H3,(H,16,17,18). The molecule has 0 aliphatic rings. The van der Waals surface area contributed by atoms with Gasteiger partial charge in [-0.2, -0.15) is 0 Å². The van der Waals surface area contributed by atoms with E-state index in [4.69, 9.17) is 0 Å². The summed E-state index contributed by atoms with van der Waals surface area (Å²) >= 11 is 4.69. The molecule has 0 aliphatic heterocycles. The summed E-state index contributed by atoms with van der Waals surface area (Å²) in [5, 5.41) is 6.07. The molecule has 0 radical (unpaired) electrons. The molecule has 2 aromatic rings. The number of aromatic nitrogens is 1. The number of hydrogen-bond donors (Lipinski definition) is 1. The molecule has 5 heteroatoms. The average Bonchev–Trinajstić information content (AvgIpc) is 2.87.